The van der Waals surface area contributed by atoms with Gasteiger partial charge >= 0.3 is 0 Å². The molecule has 128 valence electrons. The summed E-state index contributed by atoms with van der Waals surface area (Å²) in [6.07, 6.45) is 2.69. The van der Waals surface area contributed by atoms with Crippen LogP contribution in [0.5, 0.6) is 0 Å². The average Bonchev–Trinajstić information content (AvgIpc) is 2.94. The van der Waals surface area contributed by atoms with Crippen LogP contribution >= 0.6 is 11.6 Å². The number of carbonyl (C=O) groups is 2. The number of nitrogens with two attached hydrogens (primary N) is 1. The van der Waals surface area contributed by atoms with Crippen molar-refractivity contribution in [2.45, 2.75) is 39.5 Å². The minimum absolute atomic E-state index is 0.0808. The second-order valence-electron chi connectivity index (χ2n) is 6.42. The zero-order valence-corrected chi connectivity index (χ0v) is 14.8. The Kier molecular flexibility index (Phi) is 6.21. The number of hydrogen-bond donors (Lipinski definition) is 2. The molecule has 0 atom stereocenters. The molecule has 1 heterocycles. The molecule has 1 aromatic heterocycles. The molecule has 0 aliphatic rings. The highest BCUT2D eigenvalue weighted by atomic mass is 35.5. The molecule has 3 N–H and O–H groups in total. The quantitative estimate of drug-likeness (QED) is 0.711. The number of aromatic amines is 1. The van der Waals surface area contributed by atoms with E-state index in [1.54, 1.807) is 24.3 Å². The summed E-state index contributed by atoms with van der Waals surface area (Å²) in [5, 5.41) is 0.595. The molecule has 0 saturated heterocycles. The van der Waals surface area contributed by atoms with Crippen LogP contribution in [0.25, 0.3) is 0 Å². The Hall–Kier alpha value is -2.07. The summed E-state index contributed by atoms with van der Waals surface area (Å²) in [7, 11) is 0. The third kappa shape index (κ3) is 4.96. The third-order valence-corrected chi connectivity index (χ3v) is 4.21. The number of aryl methyl sites for hydroxylation is 2. The molecule has 5 heteroatoms. The van der Waals surface area contributed by atoms with Crippen LogP contribution in [0.2, 0.25) is 5.02 Å². The van der Waals surface area contributed by atoms with Gasteiger partial charge in [-0.05, 0) is 61.1 Å². The summed E-state index contributed by atoms with van der Waals surface area (Å²) in [4.78, 5) is 26.9. The number of hydrogen-bond acceptors (Lipinski definition) is 2. The van der Waals surface area contributed by atoms with Crippen LogP contribution in [0.3, 0.4) is 0 Å². The van der Waals surface area contributed by atoms with Crippen molar-refractivity contribution >= 4 is 23.3 Å². The lowest BCUT2D eigenvalue weighted by Gasteiger charge is -2.05. The zero-order valence-electron chi connectivity index (χ0n) is 14.1. The highest BCUT2D eigenvalue weighted by Gasteiger charge is 2.16. The summed E-state index contributed by atoms with van der Waals surface area (Å²) in [5.41, 5.74) is 8.38. The molecule has 1 amide bonds. The van der Waals surface area contributed by atoms with Crippen molar-refractivity contribution in [1.29, 1.82) is 0 Å². The summed E-state index contributed by atoms with van der Waals surface area (Å²) in [5.74, 6) is 0.145. The highest BCUT2D eigenvalue weighted by molar-refractivity contribution is 6.30. The van der Waals surface area contributed by atoms with Crippen molar-refractivity contribution < 1.29 is 9.59 Å². The van der Waals surface area contributed by atoms with E-state index in [9.17, 15) is 9.59 Å². The van der Waals surface area contributed by atoms with E-state index in [1.165, 1.54) is 0 Å². The van der Waals surface area contributed by atoms with E-state index in [4.69, 9.17) is 17.3 Å². The molecule has 0 fully saturated rings. The summed E-state index contributed by atoms with van der Waals surface area (Å²) in [6, 6.07) is 8.72. The van der Waals surface area contributed by atoms with E-state index < -0.39 is 0 Å². The predicted molar refractivity (Wildman–Crippen MR) is 96.4 cm³/mol. The first kappa shape index (κ1) is 18.3. The fraction of sp³-hybridized carbons (Fsp3) is 0.368. The van der Waals surface area contributed by atoms with Gasteiger partial charge < -0.3 is 10.7 Å². The molecule has 0 spiro atoms. The Morgan fingerprint density at radius 2 is 1.83 bits per heavy atom. The van der Waals surface area contributed by atoms with Crippen LogP contribution in [-0.4, -0.2) is 16.7 Å². The molecule has 0 bridgehead atoms. The Bertz CT molecular complexity index is 717. The molecular weight excluding hydrogens is 324 g/mol. The number of rotatable bonds is 8. The molecule has 2 rings (SSSR count). The molecule has 0 aliphatic carbocycles. The van der Waals surface area contributed by atoms with Crippen LogP contribution < -0.4 is 5.73 Å². The molecular formula is C19H23ClN2O2. The number of nitrogens with one attached hydrogen (secondary N) is 1. The number of aromatic nitrogens is 1. The number of ketones is 1. The van der Waals surface area contributed by atoms with Crippen LogP contribution in [0, 0.1) is 5.92 Å². The van der Waals surface area contributed by atoms with Gasteiger partial charge in [-0.3, -0.25) is 9.59 Å². The fourth-order valence-corrected chi connectivity index (χ4v) is 2.68. The van der Waals surface area contributed by atoms with E-state index in [0.29, 0.717) is 28.6 Å². The van der Waals surface area contributed by atoms with Gasteiger partial charge in [0.25, 0.3) is 0 Å². The van der Waals surface area contributed by atoms with Gasteiger partial charge in [-0.25, -0.2) is 0 Å². The Labute approximate surface area is 147 Å². The molecule has 0 saturated carbocycles. The maximum Gasteiger partial charge on any atom is 0.217 e. The van der Waals surface area contributed by atoms with Gasteiger partial charge in [-0.15, -0.1) is 0 Å². The lowest BCUT2D eigenvalue weighted by molar-refractivity contribution is -0.118. The molecule has 0 aliphatic heterocycles. The van der Waals surface area contributed by atoms with Gasteiger partial charge in [-0.2, -0.15) is 0 Å². The van der Waals surface area contributed by atoms with Crippen LogP contribution in [0.15, 0.2) is 30.3 Å². The monoisotopic (exact) mass is 346 g/mol. The maximum absolute atomic E-state index is 12.6. The summed E-state index contributed by atoms with van der Waals surface area (Å²) >= 11 is 5.87. The normalized spacial score (nSPS) is 11.0. The van der Waals surface area contributed by atoms with E-state index in [1.807, 2.05) is 6.07 Å². The van der Waals surface area contributed by atoms with Crippen molar-refractivity contribution in [3.8, 4) is 0 Å². The number of halogens is 1. The molecule has 24 heavy (non-hydrogen) atoms. The van der Waals surface area contributed by atoms with E-state index >= 15 is 0 Å². The molecule has 0 unspecified atom stereocenters. The van der Waals surface area contributed by atoms with Crippen LogP contribution in [-0.2, 0) is 17.6 Å². The maximum atomic E-state index is 12.6. The molecule has 0 radical (unpaired) electrons. The number of amides is 1. The molecule has 2 aromatic rings. The topological polar surface area (TPSA) is 75.9 Å². The van der Waals surface area contributed by atoms with Crippen LogP contribution in [0.1, 0.15) is 54.0 Å². The summed E-state index contributed by atoms with van der Waals surface area (Å²) in [6.45, 7) is 4.32. The average molecular weight is 347 g/mol. The van der Waals surface area contributed by atoms with Crippen molar-refractivity contribution in [2.75, 3.05) is 0 Å². The smallest absolute Gasteiger partial charge is 0.217 e. The first-order valence-corrected chi connectivity index (χ1v) is 8.54. The Morgan fingerprint density at radius 3 is 2.42 bits per heavy atom. The minimum atomic E-state index is -0.343. The lowest BCUT2D eigenvalue weighted by atomic mass is 10.0. The largest absolute Gasteiger partial charge is 0.370 e. The van der Waals surface area contributed by atoms with E-state index in [2.05, 4.69) is 18.8 Å². The second kappa shape index (κ2) is 8.15. The van der Waals surface area contributed by atoms with Gasteiger partial charge in [0, 0.05) is 22.7 Å². The van der Waals surface area contributed by atoms with Gasteiger partial charge in [0.2, 0.25) is 11.7 Å². The molecule has 1 aromatic carbocycles. The zero-order chi connectivity index (χ0) is 17.7. The predicted octanol–water partition coefficient (Wildman–Crippen LogP) is 3.91. The first-order chi connectivity index (χ1) is 11.4. The minimum Gasteiger partial charge on any atom is -0.370 e. The van der Waals surface area contributed by atoms with Crippen molar-refractivity contribution in [3.63, 3.8) is 0 Å². The van der Waals surface area contributed by atoms with Crippen molar-refractivity contribution in [2.24, 2.45) is 11.7 Å². The van der Waals surface area contributed by atoms with Crippen molar-refractivity contribution in [3.05, 3.63) is 57.9 Å². The number of primary amides is 1. The second-order valence-corrected chi connectivity index (χ2v) is 6.86. The van der Waals surface area contributed by atoms with Crippen molar-refractivity contribution in [1.82, 2.24) is 4.98 Å². The first-order valence-electron chi connectivity index (χ1n) is 8.16. The SMILES string of the molecule is CC(C)CCc1cc(C(=O)c2ccc(Cl)cc2)[nH]c1CCC(N)=O. The standard InChI is InChI=1S/C19H23ClN2O2/c1-12(2)3-4-14-11-17(22-16(14)9-10-18(21)23)19(24)13-5-7-15(20)8-6-13/h5-8,11-12,22H,3-4,9-10H2,1-2H3,(H2,21,23). The molecule has 4 nitrogen and oxygen atoms in total. The Balaban J connectivity index is 2.25. The van der Waals surface area contributed by atoms with Gasteiger partial charge in [0.15, 0.2) is 0 Å². The number of benzene rings is 1. The number of H-pyrrole nitrogens is 1. The lowest BCUT2D eigenvalue weighted by Crippen LogP contribution is -2.12. The van der Waals surface area contributed by atoms with Gasteiger partial charge in [-0.1, -0.05) is 25.4 Å². The van der Waals surface area contributed by atoms with E-state index in [0.717, 1.165) is 24.1 Å². The van der Waals surface area contributed by atoms with E-state index in [-0.39, 0.29) is 18.1 Å². The third-order valence-electron chi connectivity index (χ3n) is 3.96. The van der Waals surface area contributed by atoms with Crippen LogP contribution in [0.4, 0.5) is 0 Å². The summed E-state index contributed by atoms with van der Waals surface area (Å²) < 4.78 is 0. The fourth-order valence-electron chi connectivity index (χ4n) is 2.56. The van der Waals surface area contributed by atoms with Gasteiger partial charge in [0.1, 0.15) is 0 Å². The Morgan fingerprint density at radius 1 is 1.17 bits per heavy atom. The van der Waals surface area contributed by atoms with Gasteiger partial charge in [0.05, 0.1) is 5.69 Å². The number of carbonyl (C=O) groups excluding carboxylic acids is 2. The highest BCUT2D eigenvalue weighted by Crippen LogP contribution is 2.20.